The van der Waals surface area contributed by atoms with E-state index in [-0.39, 0.29) is 18.4 Å². The Hall–Kier alpha value is -2.66. The van der Waals surface area contributed by atoms with Gasteiger partial charge in [0, 0.05) is 25.3 Å². The average Bonchev–Trinajstić information content (AvgIpc) is 2.69. The van der Waals surface area contributed by atoms with E-state index in [1.165, 1.54) is 0 Å². The number of carbonyl (C=O) groups excluding carboxylic acids is 1. The van der Waals surface area contributed by atoms with Gasteiger partial charge < -0.3 is 15.2 Å². The number of amides is 1. The molecule has 2 N–H and O–H groups in total. The van der Waals surface area contributed by atoms with Gasteiger partial charge in [-0.3, -0.25) is 9.59 Å². The molecule has 1 saturated heterocycles. The van der Waals surface area contributed by atoms with Crippen LogP contribution in [-0.4, -0.2) is 36.7 Å². The minimum absolute atomic E-state index is 0.0435. The Morgan fingerprint density at radius 2 is 1.62 bits per heavy atom. The molecule has 1 aliphatic rings. The maximum absolute atomic E-state index is 12.4. The third-order valence-corrected chi connectivity index (χ3v) is 4.89. The Morgan fingerprint density at radius 3 is 2.23 bits per heavy atom. The second-order valence-corrected chi connectivity index (χ2v) is 6.55. The van der Waals surface area contributed by atoms with Crippen LogP contribution in [-0.2, 0) is 9.53 Å². The summed E-state index contributed by atoms with van der Waals surface area (Å²) in [5.74, 6) is -1.65. The van der Waals surface area contributed by atoms with E-state index in [4.69, 9.17) is 4.74 Å². The summed E-state index contributed by atoms with van der Waals surface area (Å²) in [5.41, 5.74) is 2.65. The van der Waals surface area contributed by atoms with Crippen LogP contribution in [0.5, 0.6) is 0 Å². The molecular weight excluding hydrogens is 330 g/mol. The van der Waals surface area contributed by atoms with E-state index in [1.807, 2.05) is 42.5 Å². The first kappa shape index (κ1) is 18.1. The molecule has 1 amide bonds. The number of hydrogen-bond acceptors (Lipinski definition) is 3. The van der Waals surface area contributed by atoms with Gasteiger partial charge in [-0.1, -0.05) is 42.5 Å². The molecule has 0 spiro atoms. The summed E-state index contributed by atoms with van der Waals surface area (Å²) in [6.45, 7) is 1.31. The summed E-state index contributed by atoms with van der Waals surface area (Å²) in [6, 6.07) is 17.3. The molecule has 1 aliphatic heterocycles. The highest BCUT2D eigenvalue weighted by Crippen LogP contribution is 2.24. The largest absolute Gasteiger partial charge is 0.481 e. The summed E-state index contributed by atoms with van der Waals surface area (Å²) >= 11 is 0. The van der Waals surface area contributed by atoms with E-state index >= 15 is 0 Å². The first-order chi connectivity index (χ1) is 12.6. The zero-order valence-corrected chi connectivity index (χ0v) is 14.6. The van der Waals surface area contributed by atoms with Crippen molar-refractivity contribution in [2.45, 2.75) is 12.8 Å². The molecule has 5 heteroatoms. The van der Waals surface area contributed by atoms with Gasteiger partial charge in [-0.15, -0.1) is 0 Å². The van der Waals surface area contributed by atoms with E-state index in [2.05, 4.69) is 5.32 Å². The molecule has 0 bridgehead atoms. The van der Waals surface area contributed by atoms with Gasteiger partial charge in [0.1, 0.15) is 0 Å². The van der Waals surface area contributed by atoms with Crippen molar-refractivity contribution < 1.29 is 19.4 Å². The van der Waals surface area contributed by atoms with E-state index in [1.54, 1.807) is 12.1 Å². The molecule has 1 atom stereocenters. The fraction of sp³-hybridized carbons (Fsp3) is 0.333. The lowest BCUT2D eigenvalue weighted by molar-refractivity contribution is -0.144. The number of carboxylic acids is 1. The highest BCUT2D eigenvalue weighted by atomic mass is 16.5. The number of carboxylic acid groups (broad SMARTS) is 1. The molecule has 0 radical (unpaired) electrons. The van der Waals surface area contributed by atoms with Crippen molar-refractivity contribution in [1.29, 1.82) is 0 Å². The number of ether oxygens (including phenoxy) is 1. The van der Waals surface area contributed by atoms with Crippen LogP contribution in [0.25, 0.3) is 11.1 Å². The molecule has 0 saturated carbocycles. The molecule has 1 heterocycles. The lowest BCUT2D eigenvalue weighted by Crippen LogP contribution is -2.38. The van der Waals surface area contributed by atoms with Crippen molar-refractivity contribution in [3.05, 3.63) is 60.2 Å². The smallest absolute Gasteiger partial charge is 0.308 e. The maximum atomic E-state index is 12.4. The van der Waals surface area contributed by atoms with Gasteiger partial charge in [0.05, 0.1) is 5.92 Å². The van der Waals surface area contributed by atoms with Crippen molar-refractivity contribution in [2.24, 2.45) is 11.8 Å². The van der Waals surface area contributed by atoms with Crippen molar-refractivity contribution in [3.63, 3.8) is 0 Å². The lowest BCUT2D eigenvalue weighted by Gasteiger charge is -2.27. The van der Waals surface area contributed by atoms with E-state index in [0.29, 0.717) is 18.8 Å². The minimum atomic E-state index is -0.864. The predicted octanol–water partition coefficient (Wildman–Crippen LogP) is 3.21. The van der Waals surface area contributed by atoms with Gasteiger partial charge in [-0.2, -0.15) is 0 Å². The second kappa shape index (κ2) is 8.63. The summed E-state index contributed by atoms with van der Waals surface area (Å²) in [6.07, 6.45) is 1.44. The Morgan fingerprint density at radius 1 is 1.00 bits per heavy atom. The van der Waals surface area contributed by atoms with Gasteiger partial charge in [-0.05, 0) is 42.0 Å². The molecule has 1 unspecified atom stereocenters. The van der Waals surface area contributed by atoms with Crippen molar-refractivity contribution in [3.8, 4) is 11.1 Å². The van der Waals surface area contributed by atoms with Gasteiger partial charge in [-0.25, -0.2) is 0 Å². The van der Waals surface area contributed by atoms with Crippen LogP contribution in [0.4, 0.5) is 0 Å². The van der Waals surface area contributed by atoms with Gasteiger partial charge in [0.15, 0.2) is 0 Å². The Bertz CT molecular complexity index is 736. The first-order valence-corrected chi connectivity index (χ1v) is 8.89. The second-order valence-electron chi connectivity index (χ2n) is 6.55. The van der Waals surface area contributed by atoms with Crippen LogP contribution in [0.15, 0.2) is 54.6 Å². The number of aliphatic carboxylic acids is 1. The zero-order chi connectivity index (χ0) is 18.4. The highest BCUT2D eigenvalue weighted by Gasteiger charge is 2.30. The molecule has 2 aromatic carbocycles. The van der Waals surface area contributed by atoms with Crippen LogP contribution in [0.1, 0.15) is 23.2 Å². The number of rotatable bonds is 6. The molecule has 136 valence electrons. The number of hydrogen-bond donors (Lipinski definition) is 2. The fourth-order valence-corrected chi connectivity index (χ4v) is 3.32. The van der Waals surface area contributed by atoms with E-state index in [9.17, 15) is 14.7 Å². The normalized spacial score (nSPS) is 16.0. The third-order valence-electron chi connectivity index (χ3n) is 4.89. The van der Waals surface area contributed by atoms with Crippen molar-refractivity contribution in [1.82, 2.24) is 5.32 Å². The summed E-state index contributed by atoms with van der Waals surface area (Å²) in [7, 11) is 0. The van der Waals surface area contributed by atoms with Gasteiger partial charge in [0.25, 0.3) is 5.91 Å². The van der Waals surface area contributed by atoms with E-state index in [0.717, 1.165) is 24.0 Å². The number of carbonyl (C=O) groups is 2. The van der Waals surface area contributed by atoms with Crippen LogP contribution in [0.3, 0.4) is 0 Å². The van der Waals surface area contributed by atoms with Crippen LogP contribution < -0.4 is 5.32 Å². The lowest BCUT2D eigenvalue weighted by atomic mass is 9.86. The summed E-state index contributed by atoms with van der Waals surface area (Å²) in [5, 5.41) is 12.3. The number of benzene rings is 2. The van der Waals surface area contributed by atoms with Crippen LogP contribution in [0.2, 0.25) is 0 Å². The standard InChI is InChI=1S/C21H23NO4/c23-20(22-14-19(21(24)25)17-10-12-26-13-11-17)18-8-6-16(7-9-18)15-4-2-1-3-5-15/h1-9,17,19H,10-14H2,(H,22,23)(H,24,25). The van der Waals surface area contributed by atoms with E-state index < -0.39 is 11.9 Å². The van der Waals surface area contributed by atoms with Crippen LogP contribution in [0, 0.1) is 11.8 Å². The third kappa shape index (κ3) is 4.49. The molecule has 2 aromatic rings. The molecule has 3 rings (SSSR count). The Labute approximate surface area is 153 Å². The van der Waals surface area contributed by atoms with Gasteiger partial charge in [0.2, 0.25) is 0 Å². The molecule has 0 aliphatic carbocycles. The van der Waals surface area contributed by atoms with Crippen molar-refractivity contribution >= 4 is 11.9 Å². The SMILES string of the molecule is O=C(NCC(C(=O)O)C1CCOCC1)c1ccc(-c2ccccc2)cc1. The molecule has 0 aromatic heterocycles. The quantitative estimate of drug-likeness (QED) is 0.836. The predicted molar refractivity (Wildman–Crippen MR) is 98.9 cm³/mol. The summed E-state index contributed by atoms with van der Waals surface area (Å²) < 4.78 is 5.29. The maximum Gasteiger partial charge on any atom is 0.308 e. The molecular formula is C21H23NO4. The monoisotopic (exact) mass is 353 g/mol. The zero-order valence-electron chi connectivity index (χ0n) is 14.6. The Kier molecular flexibility index (Phi) is 6.02. The molecule has 26 heavy (non-hydrogen) atoms. The number of nitrogens with one attached hydrogen (secondary N) is 1. The summed E-state index contributed by atoms with van der Waals surface area (Å²) in [4.78, 5) is 23.9. The Balaban J connectivity index is 1.61. The minimum Gasteiger partial charge on any atom is -0.481 e. The fourth-order valence-electron chi connectivity index (χ4n) is 3.32. The first-order valence-electron chi connectivity index (χ1n) is 8.89. The van der Waals surface area contributed by atoms with Crippen molar-refractivity contribution in [2.75, 3.05) is 19.8 Å². The van der Waals surface area contributed by atoms with Crippen LogP contribution >= 0.6 is 0 Å². The van der Waals surface area contributed by atoms with Gasteiger partial charge >= 0.3 is 5.97 Å². The topological polar surface area (TPSA) is 75.6 Å². The molecule has 1 fully saturated rings. The highest BCUT2D eigenvalue weighted by molar-refractivity contribution is 5.94. The molecule has 5 nitrogen and oxygen atoms in total. The average molecular weight is 353 g/mol.